The summed E-state index contributed by atoms with van der Waals surface area (Å²) < 4.78 is 0. The summed E-state index contributed by atoms with van der Waals surface area (Å²) in [5.41, 5.74) is 0.899. The molecule has 0 heterocycles. The number of nitrogens with one attached hydrogen (secondary N) is 1. The van der Waals surface area contributed by atoms with Crippen molar-refractivity contribution >= 4 is 23.6 Å². The van der Waals surface area contributed by atoms with E-state index in [1.165, 1.54) is 7.05 Å². The van der Waals surface area contributed by atoms with Crippen LogP contribution in [0.25, 0.3) is 0 Å². The van der Waals surface area contributed by atoms with E-state index < -0.39 is 6.09 Å². The van der Waals surface area contributed by atoms with Crippen molar-refractivity contribution in [2.24, 2.45) is 5.16 Å². The molecule has 0 saturated carbocycles. The van der Waals surface area contributed by atoms with Crippen LogP contribution in [-0.2, 0) is 4.84 Å². The van der Waals surface area contributed by atoms with Crippen molar-refractivity contribution in [3.05, 3.63) is 0 Å². The monoisotopic (exact) mass is 204 g/mol. The number of thioether (sulfide) groups is 1. The molecule has 0 aromatic heterocycles. The molecular formula is C8H16N2O2S. The van der Waals surface area contributed by atoms with Crippen molar-refractivity contribution in [1.29, 1.82) is 0 Å². The second-order valence-electron chi connectivity index (χ2n) is 2.28. The predicted molar refractivity (Wildman–Crippen MR) is 56.3 cm³/mol. The van der Waals surface area contributed by atoms with Crippen molar-refractivity contribution in [2.45, 2.75) is 20.3 Å². The van der Waals surface area contributed by atoms with Crippen LogP contribution in [0.15, 0.2) is 5.16 Å². The average Bonchev–Trinajstić information content (AvgIpc) is 2.17. The Kier molecular flexibility index (Phi) is 7.48. The zero-order valence-electron chi connectivity index (χ0n) is 8.29. The normalized spacial score (nSPS) is 11.2. The van der Waals surface area contributed by atoms with Crippen LogP contribution in [-0.4, -0.2) is 30.4 Å². The first-order chi connectivity index (χ1) is 6.24. The van der Waals surface area contributed by atoms with Crippen LogP contribution in [0.3, 0.4) is 0 Å². The molecule has 0 aliphatic rings. The van der Waals surface area contributed by atoms with Crippen molar-refractivity contribution in [3.63, 3.8) is 0 Å². The molecule has 13 heavy (non-hydrogen) atoms. The van der Waals surface area contributed by atoms with Gasteiger partial charge >= 0.3 is 6.09 Å². The molecule has 0 atom stereocenters. The summed E-state index contributed by atoms with van der Waals surface area (Å²) in [5.74, 6) is 1.86. The molecular weight excluding hydrogens is 188 g/mol. The highest BCUT2D eigenvalue weighted by atomic mass is 32.2. The van der Waals surface area contributed by atoms with Crippen molar-refractivity contribution in [2.75, 3.05) is 18.6 Å². The van der Waals surface area contributed by atoms with Crippen molar-refractivity contribution < 1.29 is 9.63 Å². The highest BCUT2D eigenvalue weighted by Crippen LogP contribution is 2.02. The largest absolute Gasteiger partial charge is 0.433 e. The lowest BCUT2D eigenvalue weighted by molar-refractivity contribution is 0.153. The molecule has 1 N–H and O–H groups in total. The van der Waals surface area contributed by atoms with Crippen molar-refractivity contribution in [3.8, 4) is 0 Å². The first-order valence-electron chi connectivity index (χ1n) is 4.26. The lowest BCUT2D eigenvalue weighted by atomic mass is 10.3. The molecule has 0 aromatic carbocycles. The van der Waals surface area contributed by atoms with Gasteiger partial charge in [0, 0.05) is 12.8 Å². The molecule has 4 nitrogen and oxygen atoms in total. The van der Waals surface area contributed by atoms with E-state index in [1.54, 1.807) is 11.8 Å². The summed E-state index contributed by atoms with van der Waals surface area (Å²) in [7, 11) is 1.50. The number of rotatable bonds is 5. The zero-order chi connectivity index (χ0) is 10.1. The third-order valence-corrected chi connectivity index (χ3v) is 2.29. The molecule has 0 aliphatic carbocycles. The summed E-state index contributed by atoms with van der Waals surface area (Å²) >= 11 is 1.76. The number of oxime groups is 1. The van der Waals surface area contributed by atoms with E-state index in [-0.39, 0.29) is 0 Å². The maximum absolute atomic E-state index is 10.7. The van der Waals surface area contributed by atoms with E-state index >= 15 is 0 Å². The Balaban J connectivity index is 3.84. The van der Waals surface area contributed by atoms with Gasteiger partial charge in [0.2, 0.25) is 0 Å². The Hall–Kier alpha value is -0.710. The zero-order valence-corrected chi connectivity index (χ0v) is 9.11. The van der Waals surface area contributed by atoms with E-state index in [9.17, 15) is 4.79 Å². The lowest BCUT2D eigenvalue weighted by Gasteiger charge is -2.01. The fraction of sp³-hybridized carbons (Fsp3) is 0.750. The summed E-state index contributed by atoms with van der Waals surface area (Å²) in [6.45, 7) is 4.07. The number of hydrogen-bond acceptors (Lipinski definition) is 4. The highest BCUT2D eigenvalue weighted by molar-refractivity contribution is 7.99. The maximum Gasteiger partial charge on any atom is 0.433 e. The summed E-state index contributed by atoms with van der Waals surface area (Å²) in [6, 6.07) is 0. The molecule has 0 aromatic rings. The molecule has 0 unspecified atom stereocenters. The Bertz CT molecular complexity index is 183. The fourth-order valence-corrected chi connectivity index (χ4v) is 1.26. The van der Waals surface area contributed by atoms with Gasteiger partial charge in [-0.25, -0.2) is 4.79 Å². The highest BCUT2D eigenvalue weighted by Gasteiger charge is 1.99. The minimum atomic E-state index is -0.521. The number of carbonyl (C=O) groups excluding carboxylic acids is 1. The standard InChI is InChI=1S/C8H16N2O2S/c1-4-7(6-13-5-2)10-12-8(11)9-3/h4-6H2,1-3H3,(H,9,11). The van der Waals surface area contributed by atoms with Gasteiger partial charge in [-0.2, -0.15) is 11.8 Å². The van der Waals surface area contributed by atoms with Gasteiger partial charge in [0.15, 0.2) is 0 Å². The van der Waals surface area contributed by atoms with Crippen LogP contribution in [0.2, 0.25) is 0 Å². The molecule has 0 aliphatic heterocycles. The molecule has 0 fully saturated rings. The number of carbonyl (C=O) groups is 1. The first-order valence-corrected chi connectivity index (χ1v) is 5.42. The third-order valence-electron chi connectivity index (χ3n) is 1.34. The SMILES string of the molecule is CCSCC(CC)=NOC(=O)NC. The van der Waals surface area contributed by atoms with Gasteiger partial charge in [-0.1, -0.05) is 19.0 Å². The van der Waals surface area contributed by atoms with Gasteiger partial charge in [-0.3, -0.25) is 4.84 Å². The minimum absolute atomic E-state index is 0.521. The van der Waals surface area contributed by atoms with Gasteiger partial charge in [0.1, 0.15) is 0 Å². The molecule has 0 saturated heterocycles. The second kappa shape index (κ2) is 7.91. The topological polar surface area (TPSA) is 50.7 Å². The predicted octanol–water partition coefficient (Wildman–Crippen LogP) is 1.86. The van der Waals surface area contributed by atoms with Crippen LogP contribution < -0.4 is 5.32 Å². The van der Waals surface area contributed by atoms with Gasteiger partial charge in [0.05, 0.1) is 5.71 Å². The van der Waals surface area contributed by atoms with E-state index in [4.69, 9.17) is 0 Å². The summed E-state index contributed by atoms with van der Waals surface area (Å²) in [5, 5.41) is 6.06. The van der Waals surface area contributed by atoms with E-state index in [2.05, 4.69) is 22.2 Å². The van der Waals surface area contributed by atoms with E-state index in [0.717, 1.165) is 23.6 Å². The molecule has 5 heteroatoms. The van der Waals surface area contributed by atoms with Gasteiger partial charge in [-0.05, 0) is 12.2 Å². The Labute approximate surface area is 83.1 Å². The molecule has 76 valence electrons. The van der Waals surface area contributed by atoms with Gasteiger partial charge in [-0.15, -0.1) is 0 Å². The quantitative estimate of drug-likeness (QED) is 0.422. The lowest BCUT2D eigenvalue weighted by Crippen LogP contribution is -2.17. The van der Waals surface area contributed by atoms with Crippen LogP contribution in [0.1, 0.15) is 20.3 Å². The Morgan fingerprint density at radius 3 is 2.69 bits per heavy atom. The van der Waals surface area contributed by atoms with Crippen LogP contribution in [0, 0.1) is 0 Å². The van der Waals surface area contributed by atoms with Gasteiger partial charge in [0.25, 0.3) is 0 Å². The Morgan fingerprint density at radius 2 is 2.23 bits per heavy atom. The minimum Gasteiger partial charge on any atom is -0.323 e. The van der Waals surface area contributed by atoms with E-state index in [0.29, 0.717) is 0 Å². The van der Waals surface area contributed by atoms with E-state index in [1.807, 2.05) is 6.92 Å². The molecule has 0 bridgehead atoms. The van der Waals surface area contributed by atoms with Crippen LogP contribution in [0.5, 0.6) is 0 Å². The smallest absolute Gasteiger partial charge is 0.323 e. The van der Waals surface area contributed by atoms with Crippen LogP contribution >= 0.6 is 11.8 Å². The average molecular weight is 204 g/mol. The van der Waals surface area contributed by atoms with Crippen molar-refractivity contribution in [1.82, 2.24) is 5.32 Å². The molecule has 1 amide bonds. The van der Waals surface area contributed by atoms with Gasteiger partial charge < -0.3 is 5.32 Å². The number of amides is 1. The molecule has 0 rings (SSSR count). The summed E-state index contributed by atoms with van der Waals surface area (Å²) in [6.07, 6.45) is 0.289. The summed E-state index contributed by atoms with van der Waals surface area (Å²) in [4.78, 5) is 15.2. The first kappa shape index (κ1) is 12.3. The number of hydrogen-bond donors (Lipinski definition) is 1. The Morgan fingerprint density at radius 1 is 1.54 bits per heavy atom. The maximum atomic E-state index is 10.7. The second-order valence-corrected chi connectivity index (χ2v) is 3.55. The van der Waals surface area contributed by atoms with Crippen LogP contribution in [0.4, 0.5) is 4.79 Å². The molecule has 0 spiro atoms. The number of nitrogens with zero attached hydrogens (tertiary/aromatic N) is 1. The fourth-order valence-electron chi connectivity index (χ4n) is 0.564. The molecule has 0 radical (unpaired) electrons. The third kappa shape index (κ3) is 6.45.